The molecule has 1 aromatic heterocycles. The molecule has 0 saturated heterocycles. The number of aryl methyl sites for hydroxylation is 1. The molecule has 2 aromatic rings. The van der Waals surface area contributed by atoms with Crippen LogP contribution >= 0.6 is 23.4 Å². The van der Waals surface area contributed by atoms with Gasteiger partial charge in [-0.1, -0.05) is 11.6 Å². The van der Waals surface area contributed by atoms with Crippen molar-refractivity contribution in [3.05, 3.63) is 23.0 Å². The van der Waals surface area contributed by atoms with Crippen molar-refractivity contribution in [2.45, 2.75) is 13.0 Å². The van der Waals surface area contributed by atoms with E-state index in [9.17, 15) is 4.39 Å². The number of anilines is 1. The first-order chi connectivity index (χ1) is 8.13. The van der Waals surface area contributed by atoms with Crippen molar-refractivity contribution in [1.82, 2.24) is 9.55 Å². The molecule has 0 aliphatic heterocycles. The summed E-state index contributed by atoms with van der Waals surface area (Å²) in [5.41, 5.74) is 7.15. The molecule has 1 aromatic carbocycles. The maximum absolute atomic E-state index is 13.4. The van der Waals surface area contributed by atoms with Crippen LogP contribution in [0.4, 0.5) is 10.3 Å². The highest BCUT2D eigenvalue weighted by Gasteiger charge is 2.11. The van der Waals surface area contributed by atoms with E-state index in [-0.39, 0.29) is 5.02 Å². The molecule has 17 heavy (non-hydrogen) atoms. The van der Waals surface area contributed by atoms with E-state index in [0.29, 0.717) is 17.0 Å². The number of imidazole rings is 1. The number of nitrogens with zero attached hydrogens (tertiary/aromatic N) is 2. The standard InChI is InChI=1S/C11H13ClFN3S/c1-17-4-2-3-16-10-6-8(13)7(12)5-9(10)15-11(16)14/h5-6H,2-4H2,1H3,(H2,14,15). The summed E-state index contributed by atoms with van der Waals surface area (Å²) in [5, 5.41) is 0.0752. The number of rotatable bonds is 4. The molecule has 92 valence electrons. The molecule has 2 rings (SSSR count). The van der Waals surface area contributed by atoms with Gasteiger partial charge in [0.15, 0.2) is 0 Å². The van der Waals surface area contributed by atoms with Gasteiger partial charge in [0.1, 0.15) is 5.82 Å². The number of hydrogen-bond donors (Lipinski definition) is 1. The first kappa shape index (κ1) is 12.5. The summed E-state index contributed by atoms with van der Waals surface area (Å²) in [7, 11) is 0. The maximum Gasteiger partial charge on any atom is 0.201 e. The lowest BCUT2D eigenvalue weighted by molar-refractivity contribution is 0.628. The zero-order valence-electron chi connectivity index (χ0n) is 9.41. The van der Waals surface area contributed by atoms with E-state index < -0.39 is 5.82 Å². The minimum atomic E-state index is -0.440. The Morgan fingerprint density at radius 3 is 3.00 bits per heavy atom. The van der Waals surface area contributed by atoms with Gasteiger partial charge >= 0.3 is 0 Å². The van der Waals surface area contributed by atoms with E-state index in [0.717, 1.165) is 18.7 Å². The summed E-state index contributed by atoms with van der Waals surface area (Å²) in [6, 6.07) is 2.90. The zero-order valence-corrected chi connectivity index (χ0v) is 11.0. The average Bonchev–Trinajstić information content (AvgIpc) is 2.57. The van der Waals surface area contributed by atoms with Gasteiger partial charge in [0.2, 0.25) is 5.95 Å². The number of fused-ring (bicyclic) bond motifs is 1. The summed E-state index contributed by atoms with van der Waals surface area (Å²) in [4.78, 5) is 4.18. The van der Waals surface area contributed by atoms with Gasteiger partial charge in [-0.2, -0.15) is 11.8 Å². The molecule has 0 radical (unpaired) electrons. The Kier molecular flexibility index (Phi) is 3.79. The number of benzene rings is 1. The molecule has 0 fully saturated rings. The number of aromatic nitrogens is 2. The molecular weight excluding hydrogens is 261 g/mol. The highest BCUT2D eigenvalue weighted by atomic mass is 35.5. The van der Waals surface area contributed by atoms with Crippen molar-refractivity contribution in [1.29, 1.82) is 0 Å². The van der Waals surface area contributed by atoms with Crippen molar-refractivity contribution in [3.8, 4) is 0 Å². The summed E-state index contributed by atoms with van der Waals surface area (Å²) >= 11 is 7.48. The van der Waals surface area contributed by atoms with Crippen molar-refractivity contribution in [3.63, 3.8) is 0 Å². The van der Waals surface area contributed by atoms with E-state index in [1.54, 1.807) is 11.8 Å². The van der Waals surface area contributed by atoms with Crippen LogP contribution in [0.3, 0.4) is 0 Å². The number of hydrogen-bond acceptors (Lipinski definition) is 3. The fourth-order valence-electron chi connectivity index (χ4n) is 1.74. The molecule has 0 saturated carbocycles. The van der Waals surface area contributed by atoms with Gasteiger partial charge in [0.05, 0.1) is 16.1 Å². The van der Waals surface area contributed by atoms with Crippen LogP contribution in [0.2, 0.25) is 5.02 Å². The second-order valence-electron chi connectivity index (χ2n) is 3.72. The smallest absolute Gasteiger partial charge is 0.201 e. The van der Waals surface area contributed by atoms with Gasteiger partial charge in [0, 0.05) is 12.6 Å². The van der Waals surface area contributed by atoms with Crippen molar-refractivity contribution >= 4 is 40.3 Å². The minimum absolute atomic E-state index is 0.0752. The molecule has 0 atom stereocenters. The highest BCUT2D eigenvalue weighted by Crippen LogP contribution is 2.24. The first-order valence-electron chi connectivity index (χ1n) is 5.23. The topological polar surface area (TPSA) is 43.8 Å². The predicted octanol–water partition coefficient (Wildman–Crippen LogP) is 3.16. The Labute approximate surface area is 108 Å². The van der Waals surface area contributed by atoms with Gasteiger partial charge in [-0.05, 0) is 24.5 Å². The molecular formula is C11H13ClFN3S. The van der Waals surface area contributed by atoms with Crippen LogP contribution in [0, 0.1) is 5.82 Å². The van der Waals surface area contributed by atoms with Gasteiger partial charge < -0.3 is 10.3 Å². The van der Waals surface area contributed by atoms with Crippen LogP contribution in [0.15, 0.2) is 12.1 Å². The summed E-state index contributed by atoms with van der Waals surface area (Å²) in [5.74, 6) is 1.00. The maximum atomic E-state index is 13.4. The van der Waals surface area contributed by atoms with Gasteiger partial charge in [-0.15, -0.1) is 0 Å². The van der Waals surface area contributed by atoms with Crippen LogP contribution in [0.25, 0.3) is 11.0 Å². The molecule has 0 spiro atoms. The molecule has 0 aliphatic rings. The van der Waals surface area contributed by atoms with E-state index in [4.69, 9.17) is 17.3 Å². The third-order valence-corrected chi connectivity index (χ3v) is 3.54. The van der Waals surface area contributed by atoms with Crippen molar-refractivity contribution < 1.29 is 4.39 Å². The van der Waals surface area contributed by atoms with Crippen LogP contribution in [-0.4, -0.2) is 21.6 Å². The zero-order chi connectivity index (χ0) is 12.4. The Morgan fingerprint density at radius 1 is 1.53 bits per heavy atom. The Balaban J connectivity index is 2.40. The first-order valence-corrected chi connectivity index (χ1v) is 7.00. The van der Waals surface area contributed by atoms with Crippen LogP contribution < -0.4 is 5.73 Å². The third-order valence-electron chi connectivity index (χ3n) is 2.55. The average molecular weight is 274 g/mol. The Morgan fingerprint density at radius 2 is 2.29 bits per heavy atom. The number of nitrogens with two attached hydrogens (primary N) is 1. The van der Waals surface area contributed by atoms with Crippen LogP contribution in [0.5, 0.6) is 0 Å². The van der Waals surface area contributed by atoms with Crippen LogP contribution in [0.1, 0.15) is 6.42 Å². The second kappa shape index (κ2) is 5.14. The monoisotopic (exact) mass is 273 g/mol. The second-order valence-corrected chi connectivity index (χ2v) is 5.12. The quantitative estimate of drug-likeness (QED) is 0.870. The van der Waals surface area contributed by atoms with Gasteiger partial charge in [-0.3, -0.25) is 0 Å². The minimum Gasteiger partial charge on any atom is -0.369 e. The van der Waals surface area contributed by atoms with Crippen molar-refractivity contribution in [2.24, 2.45) is 0 Å². The largest absolute Gasteiger partial charge is 0.369 e. The molecule has 0 amide bonds. The molecule has 6 heteroatoms. The number of nitrogen functional groups attached to an aromatic ring is 1. The normalized spacial score (nSPS) is 11.2. The van der Waals surface area contributed by atoms with E-state index in [1.807, 2.05) is 4.57 Å². The highest BCUT2D eigenvalue weighted by molar-refractivity contribution is 7.98. The number of thioether (sulfide) groups is 1. The fourth-order valence-corrected chi connectivity index (χ4v) is 2.32. The Bertz CT molecular complexity index is 541. The molecule has 0 bridgehead atoms. The SMILES string of the molecule is CSCCCn1c(N)nc2cc(Cl)c(F)cc21. The Hall–Kier alpha value is -0.940. The predicted molar refractivity (Wildman–Crippen MR) is 72.1 cm³/mol. The van der Waals surface area contributed by atoms with Gasteiger partial charge in [-0.25, -0.2) is 9.37 Å². The van der Waals surface area contributed by atoms with E-state index in [1.165, 1.54) is 12.1 Å². The molecule has 0 unspecified atom stereocenters. The lowest BCUT2D eigenvalue weighted by Crippen LogP contribution is -2.04. The lowest BCUT2D eigenvalue weighted by atomic mass is 10.3. The lowest BCUT2D eigenvalue weighted by Gasteiger charge is -2.05. The number of halogens is 2. The summed E-state index contributed by atoms with van der Waals surface area (Å²) in [6.45, 7) is 0.740. The van der Waals surface area contributed by atoms with Crippen molar-refractivity contribution in [2.75, 3.05) is 17.7 Å². The molecule has 1 heterocycles. The van der Waals surface area contributed by atoms with E-state index >= 15 is 0 Å². The molecule has 0 aliphatic carbocycles. The van der Waals surface area contributed by atoms with E-state index in [2.05, 4.69) is 11.2 Å². The summed E-state index contributed by atoms with van der Waals surface area (Å²) in [6.07, 6.45) is 3.02. The summed E-state index contributed by atoms with van der Waals surface area (Å²) < 4.78 is 15.2. The molecule has 2 N–H and O–H groups in total. The van der Waals surface area contributed by atoms with Gasteiger partial charge in [0.25, 0.3) is 0 Å². The third kappa shape index (κ3) is 2.50. The van der Waals surface area contributed by atoms with Crippen LogP contribution in [-0.2, 0) is 6.54 Å². The fraction of sp³-hybridized carbons (Fsp3) is 0.364. The molecule has 3 nitrogen and oxygen atoms in total.